The molecule has 2 aliphatic rings. The van der Waals surface area contributed by atoms with Crippen LogP contribution in [-0.4, -0.2) is 28.6 Å². The van der Waals surface area contributed by atoms with E-state index in [2.05, 4.69) is 0 Å². The molecule has 2 aliphatic heterocycles. The molecule has 33 heavy (non-hydrogen) atoms. The average Bonchev–Trinajstić information content (AvgIpc) is 3.16. The number of benzene rings is 3. The van der Waals surface area contributed by atoms with Crippen molar-refractivity contribution >= 4 is 40.6 Å². The Labute approximate surface area is 189 Å². The summed E-state index contributed by atoms with van der Waals surface area (Å²) in [6, 6.07) is 20.0. The maximum atomic E-state index is 13.7. The van der Waals surface area contributed by atoms with E-state index in [0.717, 1.165) is 9.96 Å². The van der Waals surface area contributed by atoms with Gasteiger partial charge in [-0.15, -0.1) is 0 Å². The van der Waals surface area contributed by atoms with E-state index >= 15 is 0 Å². The third kappa shape index (κ3) is 3.37. The third-order valence-electron chi connectivity index (χ3n) is 5.78. The molecule has 3 aromatic carbocycles. The lowest BCUT2D eigenvalue weighted by molar-refractivity contribution is -0.121. The number of carboxylic acids is 1. The molecule has 1 unspecified atom stereocenters. The summed E-state index contributed by atoms with van der Waals surface area (Å²) in [5.41, 5.74) is 1.44. The second kappa shape index (κ2) is 7.99. The average molecular weight is 440 g/mol. The fraction of sp³-hybridized carbons (Fsp3) is 0.120. The number of hydroxylamine groups is 1. The van der Waals surface area contributed by atoms with E-state index in [9.17, 15) is 24.7 Å². The highest BCUT2D eigenvalue weighted by atomic mass is 16.5. The first-order valence-electron chi connectivity index (χ1n) is 10.4. The van der Waals surface area contributed by atoms with Gasteiger partial charge in [-0.3, -0.25) is 9.59 Å². The Hall–Kier alpha value is -4.30. The number of carbonyl (C=O) groups is 3. The van der Waals surface area contributed by atoms with Crippen molar-refractivity contribution in [1.29, 1.82) is 0 Å². The summed E-state index contributed by atoms with van der Waals surface area (Å²) in [5, 5.41) is 24.3. The molecule has 5 rings (SSSR count). The Bertz CT molecular complexity index is 1290. The molecule has 3 aromatic rings. The first kappa shape index (κ1) is 20.6. The summed E-state index contributed by atoms with van der Waals surface area (Å²) in [6.07, 6.45) is -0.0465. The molecule has 8 nitrogen and oxygen atoms in total. The number of imide groups is 1. The second-order valence-corrected chi connectivity index (χ2v) is 7.76. The van der Waals surface area contributed by atoms with Crippen molar-refractivity contribution < 1.29 is 19.5 Å². The van der Waals surface area contributed by atoms with Crippen molar-refractivity contribution in [3.8, 4) is 0 Å². The van der Waals surface area contributed by atoms with Crippen LogP contribution in [0.25, 0.3) is 0 Å². The summed E-state index contributed by atoms with van der Waals surface area (Å²) in [7, 11) is 0. The fourth-order valence-corrected chi connectivity index (χ4v) is 4.27. The number of rotatable bonds is 4. The topological polar surface area (TPSA) is 113 Å². The van der Waals surface area contributed by atoms with E-state index in [1.165, 1.54) is 12.1 Å². The Kier molecular flexibility index (Phi) is 4.99. The molecule has 0 aliphatic carbocycles. The number of hydrogen-bond donors (Lipinski definition) is 1. The van der Waals surface area contributed by atoms with Gasteiger partial charge >= 0.3 is 5.97 Å². The van der Waals surface area contributed by atoms with Crippen molar-refractivity contribution in [3.05, 3.63) is 94.7 Å². The van der Waals surface area contributed by atoms with Crippen LogP contribution in [0.5, 0.6) is 0 Å². The minimum Gasteiger partial charge on any atom is -0.758 e. The first-order valence-corrected chi connectivity index (χ1v) is 10.4. The van der Waals surface area contributed by atoms with E-state index in [1.807, 2.05) is 48.5 Å². The molecule has 0 radical (unpaired) electrons. The number of fused-ring (bicyclic) bond motifs is 1. The van der Waals surface area contributed by atoms with Gasteiger partial charge in [0.15, 0.2) is 0 Å². The van der Waals surface area contributed by atoms with Crippen LogP contribution in [0.2, 0.25) is 0 Å². The van der Waals surface area contributed by atoms with Crippen LogP contribution in [0.4, 0.5) is 17.1 Å². The predicted octanol–water partition coefficient (Wildman–Crippen LogP) is 4.22. The van der Waals surface area contributed by atoms with Crippen LogP contribution in [0.1, 0.15) is 40.4 Å². The Morgan fingerprint density at radius 2 is 1.52 bits per heavy atom. The van der Waals surface area contributed by atoms with E-state index in [1.54, 1.807) is 12.1 Å². The summed E-state index contributed by atoms with van der Waals surface area (Å²) < 4.78 is 0. The van der Waals surface area contributed by atoms with Crippen LogP contribution in [0.15, 0.2) is 77.8 Å². The molecule has 2 amide bonds. The number of nitrogens with zero attached hydrogens (tertiary/aromatic N) is 3. The van der Waals surface area contributed by atoms with Crippen LogP contribution >= 0.6 is 0 Å². The molecular weight excluding hydrogens is 422 g/mol. The number of anilines is 2. The summed E-state index contributed by atoms with van der Waals surface area (Å²) in [4.78, 5) is 42.7. The summed E-state index contributed by atoms with van der Waals surface area (Å²) in [6.45, 7) is 0. The first-order chi connectivity index (χ1) is 16.0. The smallest absolute Gasteiger partial charge is 0.337 e. The van der Waals surface area contributed by atoms with Crippen molar-refractivity contribution in [1.82, 2.24) is 0 Å². The van der Waals surface area contributed by atoms with E-state index in [4.69, 9.17) is 4.99 Å². The monoisotopic (exact) mass is 440 g/mol. The SMILES string of the molecule is O=C(O)c1ccc2c(c1N1C(=O)CCC1=O)N=C(c1ccccc1)C(c1ccccc1)N2[O-]. The van der Waals surface area contributed by atoms with Crippen LogP contribution in [0, 0.1) is 5.21 Å². The number of hydrogen-bond acceptors (Lipinski definition) is 6. The van der Waals surface area contributed by atoms with Crippen LogP contribution in [0.3, 0.4) is 0 Å². The molecule has 8 heteroatoms. The number of aromatic carboxylic acids is 1. The highest BCUT2D eigenvalue weighted by molar-refractivity contribution is 6.25. The molecule has 164 valence electrons. The lowest BCUT2D eigenvalue weighted by Crippen LogP contribution is -2.35. The van der Waals surface area contributed by atoms with E-state index < -0.39 is 23.8 Å². The predicted molar refractivity (Wildman–Crippen MR) is 123 cm³/mol. The standard InChI is InChI=1S/C25H18N3O5/c29-19-13-14-20(30)27(19)24-17(25(31)32)11-12-18-22(24)26-21(15-7-3-1-4-8-15)23(28(18)33)16-9-5-2-6-10-16/h1-12,23H,13-14H2,(H,31,32)/q-1. The fourth-order valence-electron chi connectivity index (χ4n) is 4.27. The Morgan fingerprint density at radius 3 is 2.12 bits per heavy atom. The van der Waals surface area contributed by atoms with Gasteiger partial charge in [0.1, 0.15) is 5.69 Å². The lowest BCUT2D eigenvalue weighted by Gasteiger charge is -2.44. The van der Waals surface area contributed by atoms with Gasteiger partial charge in [0.25, 0.3) is 0 Å². The van der Waals surface area contributed by atoms with Gasteiger partial charge in [0, 0.05) is 12.8 Å². The van der Waals surface area contributed by atoms with Gasteiger partial charge in [-0.1, -0.05) is 60.7 Å². The van der Waals surface area contributed by atoms with Crippen molar-refractivity contribution in [2.45, 2.75) is 18.9 Å². The minimum absolute atomic E-state index is 0.000431. The van der Waals surface area contributed by atoms with Gasteiger partial charge in [-0.05, 0) is 23.3 Å². The highest BCUT2D eigenvalue weighted by Crippen LogP contribution is 2.48. The highest BCUT2D eigenvalue weighted by Gasteiger charge is 2.38. The lowest BCUT2D eigenvalue weighted by atomic mass is 9.93. The second-order valence-electron chi connectivity index (χ2n) is 7.76. The van der Waals surface area contributed by atoms with Gasteiger partial charge in [0.2, 0.25) is 11.8 Å². The zero-order valence-electron chi connectivity index (χ0n) is 17.3. The Morgan fingerprint density at radius 1 is 0.909 bits per heavy atom. The molecule has 1 N–H and O–H groups in total. The largest absolute Gasteiger partial charge is 0.758 e. The van der Waals surface area contributed by atoms with Crippen molar-refractivity contribution in [2.24, 2.45) is 4.99 Å². The van der Waals surface area contributed by atoms with Gasteiger partial charge in [-0.25, -0.2) is 14.7 Å². The quantitative estimate of drug-likeness (QED) is 0.608. The van der Waals surface area contributed by atoms with Crippen molar-refractivity contribution in [2.75, 3.05) is 9.96 Å². The van der Waals surface area contributed by atoms with Crippen LogP contribution < -0.4 is 9.96 Å². The Balaban J connectivity index is 1.81. The molecular formula is C25H18N3O5-. The number of aliphatic imine (C=N–C) groups is 1. The van der Waals surface area contributed by atoms with Gasteiger partial charge in [-0.2, -0.15) is 0 Å². The molecule has 1 fully saturated rings. The molecule has 2 heterocycles. The molecule has 0 spiro atoms. The van der Waals surface area contributed by atoms with Crippen molar-refractivity contribution in [3.63, 3.8) is 0 Å². The molecule has 0 saturated carbocycles. The van der Waals surface area contributed by atoms with Crippen LogP contribution in [-0.2, 0) is 9.59 Å². The molecule has 0 aromatic heterocycles. The maximum Gasteiger partial charge on any atom is 0.337 e. The summed E-state index contributed by atoms with van der Waals surface area (Å²) in [5.74, 6) is -2.36. The number of amides is 2. The number of carboxylic acid groups (broad SMARTS) is 1. The van der Waals surface area contributed by atoms with Gasteiger partial charge in [0.05, 0.1) is 28.7 Å². The molecule has 0 bridgehead atoms. The molecule has 1 atom stereocenters. The maximum absolute atomic E-state index is 13.7. The number of carbonyl (C=O) groups excluding carboxylic acids is 2. The van der Waals surface area contributed by atoms with E-state index in [-0.39, 0.29) is 35.5 Å². The zero-order valence-corrected chi connectivity index (χ0v) is 17.3. The normalized spacial score (nSPS) is 17.7. The van der Waals surface area contributed by atoms with E-state index in [0.29, 0.717) is 16.8 Å². The zero-order chi connectivity index (χ0) is 23.1. The van der Waals surface area contributed by atoms with Gasteiger partial charge < -0.3 is 15.4 Å². The third-order valence-corrected chi connectivity index (χ3v) is 5.78. The molecule has 1 saturated heterocycles. The summed E-state index contributed by atoms with van der Waals surface area (Å²) >= 11 is 0. The minimum atomic E-state index is -1.32.